The first-order chi connectivity index (χ1) is 15.4. The lowest BCUT2D eigenvalue weighted by molar-refractivity contribution is -0.141. The zero-order valence-corrected chi connectivity index (χ0v) is 19.2. The summed E-state index contributed by atoms with van der Waals surface area (Å²) >= 11 is 0. The fraction of sp³-hybridized carbons (Fsp3) is 0.333. The minimum absolute atomic E-state index is 0. The number of hydrogen-bond donors (Lipinski definition) is 1. The molecule has 1 aliphatic heterocycles. The Hall–Kier alpha value is -3.41. The highest BCUT2D eigenvalue weighted by Crippen LogP contribution is 2.28. The maximum Gasteiger partial charge on any atom is 0.307 e. The van der Waals surface area contributed by atoms with E-state index in [-0.39, 0.29) is 24.4 Å². The molecule has 0 radical (unpaired) electrons. The van der Waals surface area contributed by atoms with Crippen molar-refractivity contribution in [2.24, 2.45) is 5.92 Å². The van der Waals surface area contributed by atoms with Crippen molar-refractivity contribution >= 4 is 18.4 Å². The molecule has 1 fully saturated rings. The van der Waals surface area contributed by atoms with E-state index < -0.39 is 5.97 Å². The first kappa shape index (κ1) is 24.2. The number of nitriles is 1. The number of carboxylic acid groups (broad SMARTS) is 1. The van der Waals surface area contributed by atoms with E-state index in [1.54, 1.807) is 18.2 Å². The molecule has 0 bridgehead atoms. The van der Waals surface area contributed by atoms with Crippen molar-refractivity contribution in [2.75, 3.05) is 13.1 Å². The van der Waals surface area contributed by atoms with Crippen LogP contribution in [0.1, 0.15) is 31.4 Å². The van der Waals surface area contributed by atoms with E-state index in [0.29, 0.717) is 48.1 Å². The second-order valence-electron chi connectivity index (χ2n) is 8.17. The van der Waals surface area contributed by atoms with Gasteiger partial charge in [-0.1, -0.05) is 29.4 Å². The van der Waals surface area contributed by atoms with Gasteiger partial charge in [-0.05, 0) is 50.6 Å². The summed E-state index contributed by atoms with van der Waals surface area (Å²) < 4.78 is 11.1. The molecule has 1 N–H and O–H groups in total. The van der Waals surface area contributed by atoms with Crippen LogP contribution in [0.4, 0.5) is 0 Å². The Morgan fingerprint density at radius 1 is 1.27 bits per heavy atom. The lowest BCUT2D eigenvalue weighted by Gasteiger charge is -2.15. The minimum Gasteiger partial charge on any atom is -0.490 e. The van der Waals surface area contributed by atoms with Crippen LogP contribution in [0, 0.1) is 17.2 Å². The molecule has 8 nitrogen and oxygen atoms in total. The third-order valence-corrected chi connectivity index (χ3v) is 5.38. The summed E-state index contributed by atoms with van der Waals surface area (Å²) in [6.45, 7) is 5.89. The highest BCUT2D eigenvalue weighted by Gasteiger charge is 2.27. The maximum absolute atomic E-state index is 11.1. The highest BCUT2D eigenvalue weighted by atomic mass is 35.5. The summed E-state index contributed by atoms with van der Waals surface area (Å²) in [6, 6.07) is 15.2. The molecule has 0 amide bonds. The van der Waals surface area contributed by atoms with Crippen LogP contribution in [-0.4, -0.2) is 45.3 Å². The Morgan fingerprint density at radius 3 is 2.64 bits per heavy atom. The maximum atomic E-state index is 11.1. The molecular formula is C24H25ClN4O4. The van der Waals surface area contributed by atoms with Gasteiger partial charge in [-0.2, -0.15) is 10.2 Å². The molecule has 0 saturated carbocycles. The molecule has 0 aliphatic carbocycles. The molecule has 33 heavy (non-hydrogen) atoms. The van der Waals surface area contributed by atoms with Crippen LogP contribution in [0.3, 0.4) is 0 Å². The molecule has 2 heterocycles. The van der Waals surface area contributed by atoms with Gasteiger partial charge in [0, 0.05) is 24.2 Å². The number of benzene rings is 2. The van der Waals surface area contributed by atoms with Crippen LogP contribution in [0.15, 0.2) is 47.0 Å². The van der Waals surface area contributed by atoms with Crippen molar-refractivity contribution in [2.45, 2.75) is 32.9 Å². The van der Waals surface area contributed by atoms with Gasteiger partial charge < -0.3 is 14.4 Å². The summed E-state index contributed by atoms with van der Waals surface area (Å²) in [7, 11) is 0. The van der Waals surface area contributed by atoms with E-state index in [4.69, 9.17) is 14.4 Å². The van der Waals surface area contributed by atoms with Crippen LogP contribution >= 0.6 is 12.4 Å². The number of aromatic nitrogens is 2. The van der Waals surface area contributed by atoms with E-state index in [1.807, 2.05) is 38.1 Å². The molecule has 1 aliphatic rings. The third-order valence-electron chi connectivity index (χ3n) is 5.38. The van der Waals surface area contributed by atoms with E-state index >= 15 is 0 Å². The van der Waals surface area contributed by atoms with Gasteiger partial charge in [0.25, 0.3) is 5.89 Å². The average Bonchev–Trinajstić information content (AvgIpc) is 3.44. The molecule has 4 rings (SSSR count). The summed E-state index contributed by atoms with van der Waals surface area (Å²) in [6.07, 6.45) is 0.659. The Balaban J connectivity index is 0.00000306. The van der Waals surface area contributed by atoms with Crippen LogP contribution < -0.4 is 4.74 Å². The van der Waals surface area contributed by atoms with Gasteiger partial charge in [-0.15, -0.1) is 12.4 Å². The number of aliphatic carboxylic acids is 1. The molecule has 1 atom stereocenters. The zero-order chi connectivity index (χ0) is 22.7. The van der Waals surface area contributed by atoms with Crippen LogP contribution in [-0.2, 0) is 11.3 Å². The van der Waals surface area contributed by atoms with Gasteiger partial charge in [-0.25, -0.2) is 0 Å². The predicted octanol–water partition coefficient (Wildman–Crippen LogP) is 4.39. The molecule has 3 aromatic rings. The van der Waals surface area contributed by atoms with E-state index in [9.17, 15) is 10.1 Å². The van der Waals surface area contributed by atoms with E-state index in [1.165, 1.54) is 0 Å². The Kier molecular flexibility index (Phi) is 7.69. The minimum atomic E-state index is -0.722. The number of nitrogens with zero attached hydrogens (tertiary/aromatic N) is 4. The fourth-order valence-corrected chi connectivity index (χ4v) is 3.76. The molecule has 1 saturated heterocycles. The highest BCUT2D eigenvalue weighted by molar-refractivity contribution is 5.85. The topological polar surface area (TPSA) is 112 Å². The SMILES string of the molecule is CC(C)Oc1ccc(-c2nc(-c3ccc(CN4CCC(C(=O)O)C4)cc3)no2)cc1C#N.Cl. The number of ether oxygens (including phenoxy) is 1. The molecule has 172 valence electrons. The zero-order valence-electron chi connectivity index (χ0n) is 18.4. The lowest BCUT2D eigenvalue weighted by Crippen LogP contribution is -2.22. The van der Waals surface area contributed by atoms with E-state index in [0.717, 1.165) is 17.7 Å². The number of rotatable bonds is 7. The van der Waals surface area contributed by atoms with Crippen molar-refractivity contribution in [3.05, 3.63) is 53.6 Å². The molecule has 1 aromatic heterocycles. The van der Waals surface area contributed by atoms with E-state index in [2.05, 4.69) is 21.1 Å². The summed E-state index contributed by atoms with van der Waals surface area (Å²) in [5, 5.41) is 22.7. The van der Waals surface area contributed by atoms with Crippen molar-refractivity contribution in [3.63, 3.8) is 0 Å². The largest absolute Gasteiger partial charge is 0.490 e. The average molecular weight is 469 g/mol. The normalized spacial score (nSPS) is 15.8. The fourth-order valence-electron chi connectivity index (χ4n) is 3.76. The van der Waals surface area contributed by atoms with Crippen LogP contribution in [0.25, 0.3) is 22.8 Å². The second-order valence-corrected chi connectivity index (χ2v) is 8.17. The molecule has 0 spiro atoms. The summed E-state index contributed by atoms with van der Waals surface area (Å²) in [5.74, 6) is 0.307. The van der Waals surface area contributed by atoms with Crippen molar-refractivity contribution in [1.29, 1.82) is 5.26 Å². The monoisotopic (exact) mass is 468 g/mol. The van der Waals surface area contributed by atoms with Gasteiger partial charge in [-0.3, -0.25) is 9.69 Å². The number of hydrogen-bond acceptors (Lipinski definition) is 7. The quantitative estimate of drug-likeness (QED) is 0.543. The van der Waals surface area contributed by atoms with Crippen molar-refractivity contribution in [1.82, 2.24) is 15.0 Å². The number of carbonyl (C=O) groups is 1. The lowest BCUT2D eigenvalue weighted by atomic mass is 10.1. The smallest absolute Gasteiger partial charge is 0.307 e. The second kappa shape index (κ2) is 10.5. The summed E-state index contributed by atoms with van der Waals surface area (Å²) in [5.41, 5.74) is 2.97. The number of likely N-dealkylation sites (tertiary alicyclic amines) is 1. The molecular weight excluding hydrogens is 444 g/mol. The van der Waals surface area contributed by atoms with Gasteiger partial charge in [0.15, 0.2) is 0 Å². The Bertz CT molecular complexity index is 1150. The van der Waals surface area contributed by atoms with Crippen LogP contribution in [0.5, 0.6) is 5.75 Å². The van der Waals surface area contributed by atoms with Crippen molar-refractivity contribution < 1.29 is 19.2 Å². The summed E-state index contributed by atoms with van der Waals surface area (Å²) in [4.78, 5) is 17.8. The van der Waals surface area contributed by atoms with Crippen molar-refractivity contribution in [3.8, 4) is 34.7 Å². The third kappa shape index (κ3) is 5.69. The Labute approximate surface area is 198 Å². The number of halogens is 1. The Morgan fingerprint density at radius 2 is 2.00 bits per heavy atom. The molecule has 1 unspecified atom stereocenters. The molecule has 2 aromatic carbocycles. The van der Waals surface area contributed by atoms with Gasteiger partial charge in [0.2, 0.25) is 5.82 Å². The first-order valence-corrected chi connectivity index (χ1v) is 10.5. The molecule has 9 heteroatoms. The standard InChI is InChI=1S/C24H24N4O4.ClH/c1-15(2)31-21-8-7-18(11-20(21)12-25)23-26-22(27-32-23)17-5-3-16(4-6-17)13-28-10-9-19(14-28)24(29)30;/h3-8,11,15,19H,9-10,13-14H2,1-2H3,(H,29,30);1H. The van der Waals surface area contributed by atoms with Gasteiger partial charge >= 0.3 is 5.97 Å². The van der Waals surface area contributed by atoms with Crippen LogP contribution in [0.2, 0.25) is 0 Å². The number of carboxylic acids is 1. The van der Waals surface area contributed by atoms with Gasteiger partial charge in [0.05, 0.1) is 17.6 Å². The van der Waals surface area contributed by atoms with Gasteiger partial charge in [0.1, 0.15) is 11.8 Å². The first-order valence-electron chi connectivity index (χ1n) is 10.5. The predicted molar refractivity (Wildman–Crippen MR) is 124 cm³/mol.